The first-order valence-electron chi connectivity index (χ1n) is 7.96. The van der Waals surface area contributed by atoms with Gasteiger partial charge >= 0.3 is 0 Å². The van der Waals surface area contributed by atoms with Crippen LogP contribution in [0.2, 0.25) is 5.02 Å². The van der Waals surface area contributed by atoms with Gasteiger partial charge in [0.25, 0.3) is 0 Å². The Labute approximate surface area is 132 Å². The number of para-hydroxylation sites is 1. The Morgan fingerprint density at radius 1 is 1.19 bits per heavy atom. The van der Waals surface area contributed by atoms with Crippen molar-refractivity contribution < 1.29 is 9.47 Å². The van der Waals surface area contributed by atoms with E-state index in [2.05, 4.69) is 11.4 Å². The van der Waals surface area contributed by atoms with E-state index < -0.39 is 0 Å². The third kappa shape index (κ3) is 4.12. The van der Waals surface area contributed by atoms with Gasteiger partial charge in [0.15, 0.2) is 0 Å². The Morgan fingerprint density at radius 3 is 2.76 bits per heavy atom. The van der Waals surface area contributed by atoms with E-state index in [0.717, 1.165) is 43.5 Å². The SMILES string of the molecule is COC1CCCC(Oc2c(Cl)cccc2CNC2CC2)C1. The van der Waals surface area contributed by atoms with Gasteiger partial charge < -0.3 is 14.8 Å². The van der Waals surface area contributed by atoms with Gasteiger partial charge in [-0.3, -0.25) is 0 Å². The molecule has 0 radical (unpaired) electrons. The van der Waals surface area contributed by atoms with E-state index in [1.54, 1.807) is 7.11 Å². The Bertz CT molecular complexity index is 476. The van der Waals surface area contributed by atoms with Gasteiger partial charge in [0.05, 0.1) is 11.1 Å². The molecule has 2 fully saturated rings. The van der Waals surface area contributed by atoms with Gasteiger partial charge in [-0.05, 0) is 38.2 Å². The van der Waals surface area contributed by atoms with Crippen LogP contribution in [0.3, 0.4) is 0 Å². The Hall–Kier alpha value is -0.770. The summed E-state index contributed by atoms with van der Waals surface area (Å²) in [7, 11) is 1.79. The molecule has 0 aliphatic heterocycles. The molecular weight excluding hydrogens is 286 g/mol. The summed E-state index contributed by atoms with van der Waals surface area (Å²) in [5, 5.41) is 4.25. The molecule has 3 rings (SSSR count). The second kappa shape index (κ2) is 6.99. The van der Waals surface area contributed by atoms with E-state index in [1.807, 2.05) is 12.1 Å². The summed E-state index contributed by atoms with van der Waals surface area (Å²) in [4.78, 5) is 0. The van der Waals surface area contributed by atoms with Gasteiger partial charge in [0.1, 0.15) is 11.9 Å². The quantitative estimate of drug-likeness (QED) is 0.863. The molecule has 3 nitrogen and oxygen atoms in total. The van der Waals surface area contributed by atoms with E-state index in [4.69, 9.17) is 21.1 Å². The molecule has 4 heteroatoms. The maximum absolute atomic E-state index is 6.37. The van der Waals surface area contributed by atoms with Crippen LogP contribution < -0.4 is 10.1 Å². The highest BCUT2D eigenvalue weighted by Crippen LogP contribution is 2.33. The molecule has 0 spiro atoms. The van der Waals surface area contributed by atoms with Crippen molar-refractivity contribution >= 4 is 11.6 Å². The van der Waals surface area contributed by atoms with Crippen molar-refractivity contribution in [2.75, 3.05) is 7.11 Å². The summed E-state index contributed by atoms with van der Waals surface area (Å²) in [6.07, 6.45) is 7.43. The van der Waals surface area contributed by atoms with Crippen molar-refractivity contribution in [3.8, 4) is 5.75 Å². The average Bonchev–Trinajstić information content (AvgIpc) is 3.32. The second-order valence-corrected chi connectivity index (χ2v) is 6.55. The van der Waals surface area contributed by atoms with Crippen LogP contribution >= 0.6 is 11.6 Å². The fraction of sp³-hybridized carbons (Fsp3) is 0.647. The summed E-state index contributed by atoms with van der Waals surface area (Å²) >= 11 is 6.37. The van der Waals surface area contributed by atoms with E-state index in [0.29, 0.717) is 17.2 Å². The van der Waals surface area contributed by atoms with Crippen LogP contribution in [0.1, 0.15) is 44.1 Å². The molecule has 2 aliphatic carbocycles. The van der Waals surface area contributed by atoms with Gasteiger partial charge in [-0.1, -0.05) is 23.7 Å². The lowest BCUT2D eigenvalue weighted by molar-refractivity contribution is 0.0206. The van der Waals surface area contributed by atoms with Crippen LogP contribution in [-0.4, -0.2) is 25.4 Å². The molecule has 2 aliphatic rings. The molecule has 0 aromatic heterocycles. The number of methoxy groups -OCH3 is 1. The maximum Gasteiger partial charge on any atom is 0.142 e. The first kappa shape index (κ1) is 15.1. The number of hydrogen-bond acceptors (Lipinski definition) is 3. The molecule has 0 bridgehead atoms. The monoisotopic (exact) mass is 309 g/mol. The Kier molecular flexibility index (Phi) is 5.04. The largest absolute Gasteiger partial charge is 0.488 e. The van der Waals surface area contributed by atoms with Crippen molar-refractivity contribution in [1.29, 1.82) is 0 Å². The second-order valence-electron chi connectivity index (χ2n) is 6.15. The molecule has 1 aromatic carbocycles. The lowest BCUT2D eigenvalue weighted by Crippen LogP contribution is -2.30. The van der Waals surface area contributed by atoms with Crippen LogP contribution in [0.5, 0.6) is 5.75 Å². The third-order valence-corrected chi connectivity index (χ3v) is 4.70. The number of halogens is 1. The molecule has 2 saturated carbocycles. The maximum atomic E-state index is 6.37. The van der Waals surface area contributed by atoms with Crippen molar-refractivity contribution in [2.45, 2.75) is 63.3 Å². The summed E-state index contributed by atoms with van der Waals surface area (Å²) in [6, 6.07) is 6.70. The van der Waals surface area contributed by atoms with Gasteiger partial charge in [-0.15, -0.1) is 0 Å². The summed E-state index contributed by atoms with van der Waals surface area (Å²) < 4.78 is 11.7. The minimum absolute atomic E-state index is 0.211. The predicted octanol–water partition coefficient (Wildman–Crippen LogP) is 3.93. The van der Waals surface area contributed by atoms with Gasteiger partial charge in [0.2, 0.25) is 0 Å². The summed E-state index contributed by atoms with van der Waals surface area (Å²) in [5.74, 6) is 0.856. The number of rotatable bonds is 6. The van der Waals surface area contributed by atoms with Gasteiger partial charge in [-0.2, -0.15) is 0 Å². The predicted molar refractivity (Wildman–Crippen MR) is 85.0 cm³/mol. The Balaban J connectivity index is 1.67. The molecule has 116 valence electrons. The van der Waals surface area contributed by atoms with Crippen molar-refractivity contribution in [3.05, 3.63) is 28.8 Å². The molecule has 0 heterocycles. The van der Waals surface area contributed by atoms with Crippen LogP contribution in [0.15, 0.2) is 18.2 Å². The minimum atomic E-state index is 0.211. The fourth-order valence-corrected chi connectivity index (χ4v) is 3.19. The third-order valence-electron chi connectivity index (χ3n) is 4.40. The number of nitrogens with one attached hydrogen (secondary N) is 1. The lowest BCUT2D eigenvalue weighted by atomic mass is 9.95. The molecule has 0 amide bonds. The smallest absolute Gasteiger partial charge is 0.142 e. The minimum Gasteiger partial charge on any atom is -0.488 e. The molecular formula is C17H24ClNO2. The molecule has 2 unspecified atom stereocenters. The molecule has 1 aromatic rings. The number of hydrogen-bond donors (Lipinski definition) is 1. The molecule has 0 saturated heterocycles. The van der Waals surface area contributed by atoms with Crippen LogP contribution in [0, 0.1) is 0 Å². The summed E-state index contributed by atoms with van der Waals surface area (Å²) in [6.45, 7) is 0.834. The van der Waals surface area contributed by atoms with Gasteiger partial charge in [-0.25, -0.2) is 0 Å². The van der Waals surface area contributed by atoms with Crippen molar-refractivity contribution in [1.82, 2.24) is 5.32 Å². The van der Waals surface area contributed by atoms with Crippen LogP contribution in [-0.2, 0) is 11.3 Å². The number of ether oxygens (including phenoxy) is 2. The van der Waals surface area contributed by atoms with E-state index in [9.17, 15) is 0 Å². The first-order chi connectivity index (χ1) is 10.3. The van der Waals surface area contributed by atoms with Crippen LogP contribution in [0.25, 0.3) is 0 Å². The lowest BCUT2D eigenvalue weighted by Gasteiger charge is -2.29. The zero-order valence-corrected chi connectivity index (χ0v) is 13.4. The standard InChI is InChI=1S/C17H24ClNO2/c1-20-14-5-3-6-15(10-14)21-17-12(4-2-7-16(17)18)11-19-13-8-9-13/h2,4,7,13-15,19H,3,5-6,8-11H2,1H3. The zero-order valence-electron chi connectivity index (χ0n) is 12.6. The molecule has 2 atom stereocenters. The highest BCUT2D eigenvalue weighted by Gasteiger charge is 2.25. The summed E-state index contributed by atoms with van der Waals surface area (Å²) in [5.41, 5.74) is 1.16. The topological polar surface area (TPSA) is 30.5 Å². The highest BCUT2D eigenvalue weighted by molar-refractivity contribution is 6.32. The molecule has 1 N–H and O–H groups in total. The fourth-order valence-electron chi connectivity index (χ4n) is 2.96. The zero-order chi connectivity index (χ0) is 14.7. The van der Waals surface area contributed by atoms with E-state index in [1.165, 1.54) is 12.8 Å². The highest BCUT2D eigenvalue weighted by atomic mass is 35.5. The average molecular weight is 310 g/mol. The first-order valence-corrected chi connectivity index (χ1v) is 8.34. The normalized spacial score (nSPS) is 25.8. The van der Waals surface area contributed by atoms with Crippen molar-refractivity contribution in [2.24, 2.45) is 0 Å². The Morgan fingerprint density at radius 2 is 2.00 bits per heavy atom. The van der Waals surface area contributed by atoms with Crippen LogP contribution in [0.4, 0.5) is 0 Å². The van der Waals surface area contributed by atoms with E-state index >= 15 is 0 Å². The van der Waals surface area contributed by atoms with Crippen molar-refractivity contribution in [3.63, 3.8) is 0 Å². The molecule has 21 heavy (non-hydrogen) atoms. The number of benzene rings is 1. The van der Waals surface area contributed by atoms with E-state index in [-0.39, 0.29) is 6.10 Å². The van der Waals surface area contributed by atoms with Gasteiger partial charge in [0, 0.05) is 31.7 Å².